The Hall–Kier alpha value is -1.61. The maximum absolute atomic E-state index is 11.3. The second kappa shape index (κ2) is 3.64. The maximum Gasteiger partial charge on any atom is 0.261 e. The molecule has 0 saturated carbocycles. The number of fused-ring (bicyclic) bond motifs is 1. The van der Waals surface area contributed by atoms with Gasteiger partial charge in [-0.15, -0.1) is 0 Å². The van der Waals surface area contributed by atoms with Gasteiger partial charge in [0.25, 0.3) is 5.91 Å². The van der Waals surface area contributed by atoms with Crippen molar-refractivity contribution >= 4 is 12.0 Å². The number of hydrazine groups is 1. The van der Waals surface area contributed by atoms with Gasteiger partial charge in [-0.1, -0.05) is 24.3 Å². The standard InChI is InChI=1S/C11H12N2O/c12-13-11(14)10-6-5-8-3-1-2-4-9(8)7-10/h1-4,7H,5-6,12H2,(H,13,14). The summed E-state index contributed by atoms with van der Waals surface area (Å²) >= 11 is 0. The molecule has 0 saturated heterocycles. The molecule has 1 aromatic rings. The van der Waals surface area contributed by atoms with E-state index in [9.17, 15) is 4.79 Å². The summed E-state index contributed by atoms with van der Waals surface area (Å²) in [4.78, 5) is 11.3. The molecule has 0 bridgehead atoms. The molecule has 0 unspecified atom stereocenters. The Bertz CT molecular complexity index is 396. The molecule has 1 aliphatic carbocycles. The smallest absolute Gasteiger partial charge is 0.261 e. The van der Waals surface area contributed by atoms with Crippen LogP contribution in [0.1, 0.15) is 17.5 Å². The van der Waals surface area contributed by atoms with E-state index in [4.69, 9.17) is 5.84 Å². The average Bonchev–Trinajstić information content (AvgIpc) is 2.27. The van der Waals surface area contributed by atoms with Crippen LogP contribution in [0.4, 0.5) is 0 Å². The molecule has 0 aromatic heterocycles. The van der Waals surface area contributed by atoms with E-state index in [1.165, 1.54) is 5.56 Å². The monoisotopic (exact) mass is 188 g/mol. The number of carbonyl (C=O) groups excluding carboxylic acids is 1. The molecule has 0 fully saturated rings. The van der Waals surface area contributed by atoms with E-state index in [1.807, 2.05) is 24.3 Å². The molecule has 3 N–H and O–H groups in total. The quantitative estimate of drug-likeness (QED) is 0.392. The number of aryl methyl sites for hydroxylation is 1. The summed E-state index contributed by atoms with van der Waals surface area (Å²) in [6, 6.07) is 8.08. The van der Waals surface area contributed by atoms with Gasteiger partial charge < -0.3 is 0 Å². The molecule has 1 aliphatic rings. The van der Waals surface area contributed by atoms with Crippen LogP contribution in [0.3, 0.4) is 0 Å². The van der Waals surface area contributed by atoms with Crippen LogP contribution in [0, 0.1) is 0 Å². The van der Waals surface area contributed by atoms with Crippen molar-refractivity contribution in [1.29, 1.82) is 0 Å². The molecule has 14 heavy (non-hydrogen) atoms. The van der Waals surface area contributed by atoms with Gasteiger partial charge in [0.2, 0.25) is 0 Å². The van der Waals surface area contributed by atoms with E-state index in [0.29, 0.717) is 0 Å². The van der Waals surface area contributed by atoms with Gasteiger partial charge in [-0.3, -0.25) is 10.2 Å². The number of carbonyl (C=O) groups is 1. The van der Waals surface area contributed by atoms with Gasteiger partial charge in [0.05, 0.1) is 0 Å². The minimum absolute atomic E-state index is 0.181. The van der Waals surface area contributed by atoms with Crippen LogP contribution in [-0.2, 0) is 11.2 Å². The molecule has 2 rings (SSSR count). The largest absolute Gasteiger partial charge is 0.290 e. The summed E-state index contributed by atoms with van der Waals surface area (Å²) in [6.45, 7) is 0. The van der Waals surface area contributed by atoms with Crippen LogP contribution in [0.25, 0.3) is 6.08 Å². The number of rotatable bonds is 1. The van der Waals surface area contributed by atoms with Crippen LogP contribution in [0.15, 0.2) is 29.8 Å². The van der Waals surface area contributed by atoms with E-state index >= 15 is 0 Å². The van der Waals surface area contributed by atoms with E-state index in [1.54, 1.807) is 0 Å². The van der Waals surface area contributed by atoms with Crippen molar-refractivity contribution in [3.05, 3.63) is 41.0 Å². The van der Waals surface area contributed by atoms with Crippen molar-refractivity contribution < 1.29 is 4.79 Å². The predicted molar refractivity (Wildman–Crippen MR) is 55.1 cm³/mol. The highest BCUT2D eigenvalue weighted by Crippen LogP contribution is 2.23. The molecule has 0 aliphatic heterocycles. The Balaban J connectivity index is 2.36. The SMILES string of the molecule is NNC(=O)C1=Cc2ccccc2CC1. The molecule has 72 valence electrons. The van der Waals surface area contributed by atoms with Gasteiger partial charge in [-0.2, -0.15) is 0 Å². The summed E-state index contributed by atoms with van der Waals surface area (Å²) in [5.74, 6) is 4.90. The number of hydrogen-bond acceptors (Lipinski definition) is 2. The Kier molecular flexibility index (Phi) is 2.33. The Morgan fingerprint density at radius 2 is 2.07 bits per heavy atom. The minimum atomic E-state index is -0.181. The van der Waals surface area contributed by atoms with Crippen molar-refractivity contribution in [1.82, 2.24) is 5.43 Å². The second-order valence-electron chi connectivity index (χ2n) is 3.34. The summed E-state index contributed by atoms with van der Waals surface area (Å²) in [5, 5.41) is 0. The first-order valence-corrected chi connectivity index (χ1v) is 4.60. The minimum Gasteiger partial charge on any atom is -0.290 e. The molecule has 3 nitrogen and oxygen atoms in total. The lowest BCUT2D eigenvalue weighted by atomic mass is 9.92. The van der Waals surface area contributed by atoms with Gasteiger partial charge in [-0.25, -0.2) is 5.84 Å². The van der Waals surface area contributed by atoms with E-state index < -0.39 is 0 Å². The molecule has 1 aromatic carbocycles. The summed E-state index contributed by atoms with van der Waals surface area (Å²) < 4.78 is 0. The van der Waals surface area contributed by atoms with Crippen LogP contribution in [0.5, 0.6) is 0 Å². The third kappa shape index (κ3) is 1.54. The number of nitrogens with one attached hydrogen (secondary N) is 1. The number of hydrogen-bond donors (Lipinski definition) is 2. The van der Waals surface area contributed by atoms with Crippen LogP contribution in [0.2, 0.25) is 0 Å². The summed E-state index contributed by atoms with van der Waals surface area (Å²) in [6.07, 6.45) is 3.58. The topological polar surface area (TPSA) is 55.1 Å². The van der Waals surface area contributed by atoms with Crippen molar-refractivity contribution in [2.24, 2.45) is 5.84 Å². The third-order valence-corrected chi connectivity index (χ3v) is 2.47. The van der Waals surface area contributed by atoms with Gasteiger partial charge in [0, 0.05) is 5.57 Å². The molecule has 3 heteroatoms. The highest BCUT2D eigenvalue weighted by atomic mass is 16.2. The fourth-order valence-corrected chi connectivity index (χ4v) is 1.70. The van der Waals surface area contributed by atoms with Crippen molar-refractivity contribution in [2.75, 3.05) is 0 Å². The molecule has 0 atom stereocenters. The average molecular weight is 188 g/mol. The first-order valence-electron chi connectivity index (χ1n) is 4.60. The molecular formula is C11H12N2O. The lowest BCUT2D eigenvalue weighted by Crippen LogP contribution is -2.32. The van der Waals surface area contributed by atoms with Gasteiger partial charge in [0.15, 0.2) is 0 Å². The molecular weight excluding hydrogens is 176 g/mol. The van der Waals surface area contributed by atoms with E-state index in [2.05, 4.69) is 11.5 Å². The maximum atomic E-state index is 11.3. The first kappa shape index (κ1) is 8.97. The van der Waals surface area contributed by atoms with Gasteiger partial charge in [-0.05, 0) is 30.0 Å². The van der Waals surface area contributed by atoms with E-state index in [-0.39, 0.29) is 5.91 Å². The van der Waals surface area contributed by atoms with Crippen LogP contribution >= 0.6 is 0 Å². The second-order valence-corrected chi connectivity index (χ2v) is 3.34. The fraction of sp³-hybridized carbons (Fsp3) is 0.182. The number of nitrogens with two attached hydrogens (primary N) is 1. The molecule has 1 amide bonds. The van der Waals surface area contributed by atoms with E-state index in [0.717, 1.165) is 24.0 Å². The summed E-state index contributed by atoms with van der Waals surface area (Å²) in [7, 11) is 0. The highest BCUT2D eigenvalue weighted by Gasteiger charge is 2.14. The molecule has 0 spiro atoms. The summed E-state index contributed by atoms with van der Waals surface area (Å²) in [5.41, 5.74) is 5.33. The Labute approximate surface area is 82.6 Å². The third-order valence-electron chi connectivity index (χ3n) is 2.47. The lowest BCUT2D eigenvalue weighted by Gasteiger charge is -2.14. The lowest BCUT2D eigenvalue weighted by molar-refractivity contribution is -0.117. The van der Waals surface area contributed by atoms with Gasteiger partial charge in [0.1, 0.15) is 0 Å². The predicted octanol–water partition coefficient (Wildman–Crippen LogP) is 1.01. The molecule has 0 radical (unpaired) electrons. The Morgan fingerprint density at radius 3 is 2.86 bits per heavy atom. The molecule has 0 heterocycles. The Morgan fingerprint density at radius 1 is 1.29 bits per heavy atom. The zero-order chi connectivity index (χ0) is 9.97. The number of amides is 1. The van der Waals surface area contributed by atoms with Gasteiger partial charge >= 0.3 is 0 Å². The zero-order valence-electron chi connectivity index (χ0n) is 7.79. The zero-order valence-corrected chi connectivity index (χ0v) is 7.79. The first-order chi connectivity index (χ1) is 6.81. The van der Waals surface area contributed by atoms with Crippen LogP contribution < -0.4 is 11.3 Å². The normalized spacial score (nSPS) is 14.2. The fourth-order valence-electron chi connectivity index (χ4n) is 1.70. The van der Waals surface area contributed by atoms with Crippen LogP contribution in [-0.4, -0.2) is 5.91 Å². The number of benzene rings is 1. The highest BCUT2D eigenvalue weighted by molar-refractivity contribution is 5.98. The van der Waals surface area contributed by atoms with Crippen molar-refractivity contribution in [3.63, 3.8) is 0 Å². The van der Waals surface area contributed by atoms with Crippen molar-refractivity contribution in [2.45, 2.75) is 12.8 Å². The van der Waals surface area contributed by atoms with Crippen molar-refractivity contribution in [3.8, 4) is 0 Å².